The largest absolute Gasteiger partial charge is 0.477 e. The summed E-state index contributed by atoms with van der Waals surface area (Å²) in [5.74, 6) is -1.92. The van der Waals surface area contributed by atoms with Gasteiger partial charge < -0.3 is 9.84 Å². The van der Waals surface area contributed by atoms with Crippen molar-refractivity contribution in [2.24, 2.45) is 17.3 Å². The van der Waals surface area contributed by atoms with Gasteiger partial charge in [0.1, 0.15) is 0 Å². The highest BCUT2D eigenvalue weighted by atomic mass is 16.5. The van der Waals surface area contributed by atoms with Crippen LogP contribution < -0.4 is 9.64 Å². The number of aliphatic hydroxyl groups is 1. The molecule has 4 aromatic rings. The second-order valence-corrected chi connectivity index (χ2v) is 11.1. The van der Waals surface area contributed by atoms with E-state index in [1.165, 1.54) is 4.90 Å². The maximum Gasteiger partial charge on any atom is 0.240 e. The van der Waals surface area contributed by atoms with Crippen LogP contribution in [0.5, 0.6) is 5.88 Å². The third kappa shape index (κ3) is 4.01. The van der Waals surface area contributed by atoms with E-state index >= 15 is 0 Å². The van der Waals surface area contributed by atoms with Gasteiger partial charge in [-0.05, 0) is 55.9 Å². The molecule has 196 valence electrons. The lowest BCUT2D eigenvalue weighted by Crippen LogP contribution is -2.52. The molecule has 0 unspecified atom stereocenters. The van der Waals surface area contributed by atoms with Gasteiger partial charge in [0.15, 0.2) is 0 Å². The van der Waals surface area contributed by atoms with E-state index in [1.54, 1.807) is 25.3 Å². The first kappa shape index (κ1) is 25.0. The van der Waals surface area contributed by atoms with Crippen LogP contribution in [-0.2, 0) is 9.59 Å². The van der Waals surface area contributed by atoms with E-state index in [0.29, 0.717) is 47.2 Å². The lowest BCUT2D eigenvalue weighted by atomic mass is 9.57. The lowest BCUT2D eigenvalue weighted by molar-refractivity contribution is -0.148. The van der Waals surface area contributed by atoms with Gasteiger partial charge in [-0.15, -0.1) is 0 Å². The number of imide groups is 1. The molecule has 1 aliphatic carbocycles. The highest BCUT2D eigenvalue weighted by Crippen LogP contribution is 2.55. The predicted molar refractivity (Wildman–Crippen MR) is 146 cm³/mol. The number of nitrogens with zero attached hydrogens (tertiary/aromatic N) is 4. The molecule has 1 N–H and O–H groups in total. The standard InChI is InChI=1S/C31H28N4O4/c1-30(15-16-39-25-18-33-22-9-5-6-10-23(22)34-25)13-14-31(2,38)27-26(30)28(36)35(29(27)37)24-12-11-19(17-32)20-7-3-4-8-21(20)24/h3-12,18,26-27,38H,13-16H2,1-2H3/t26-,27+,30-,31+/m0/s1. The molecule has 2 aliphatic rings. The van der Waals surface area contributed by atoms with Gasteiger partial charge in [0.2, 0.25) is 17.7 Å². The van der Waals surface area contributed by atoms with Crippen molar-refractivity contribution < 1.29 is 19.4 Å². The normalized spacial score (nSPS) is 26.6. The number of carbonyl (C=O) groups excluding carboxylic acids is 2. The number of aromatic nitrogens is 2. The molecule has 4 atom stereocenters. The first-order valence-corrected chi connectivity index (χ1v) is 13.1. The Morgan fingerprint density at radius 3 is 2.44 bits per heavy atom. The van der Waals surface area contributed by atoms with Crippen molar-refractivity contribution in [2.75, 3.05) is 11.5 Å². The van der Waals surface area contributed by atoms with Crippen LogP contribution in [0, 0.1) is 28.6 Å². The Bertz CT molecular complexity index is 1680. The zero-order chi connectivity index (χ0) is 27.4. The Morgan fingerprint density at radius 1 is 0.974 bits per heavy atom. The van der Waals surface area contributed by atoms with E-state index in [0.717, 1.165) is 11.0 Å². The number of rotatable bonds is 5. The van der Waals surface area contributed by atoms with E-state index in [9.17, 15) is 20.0 Å². The third-order valence-corrected chi connectivity index (χ3v) is 8.54. The smallest absolute Gasteiger partial charge is 0.240 e. The van der Waals surface area contributed by atoms with Crippen molar-refractivity contribution in [1.29, 1.82) is 5.26 Å². The lowest BCUT2D eigenvalue weighted by Gasteiger charge is -2.47. The number of ether oxygens (including phenoxy) is 1. The van der Waals surface area contributed by atoms with Gasteiger partial charge in [-0.2, -0.15) is 5.26 Å². The molecule has 39 heavy (non-hydrogen) atoms. The second kappa shape index (κ2) is 9.14. The second-order valence-electron chi connectivity index (χ2n) is 11.1. The van der Waals surface area contributed by atoms with Crippen LogP contribution in [0.3, 0.4) is 0 Å². The molecular weight excluding hydrogens is 492 g/mol. The van der Waals surface area contributed by atoms with Gasteiger partial charge in [-0.25, -0.2) is 14.9 Å². The maximum absolute atomic E-state index is 14.1. The summed E-state index contributed by atoms with van der Waals surface area (Å²) in [4.78, 5) is 38.1. The molecule has 6 rings (SSSR count). The fraction of sp³-hybridized carbons (Fsp3) is 0.323. The average molecular weight is 521 g/mol. The highest BCUT2D eigenvalue weighted by molar-refractivity contribution is 6.25. The van der Waals surface area contributed by atoms with Gasteiger partial charge in [0.25, 0.3) is 0 Å². The quantitative estimate of drug-likeness (QED) is 0.377. The zero-order valence-corrected chi connectivity index (χ0v) is 21.8. The number of nitriles is 1. The van der Waals surface area contributed by atoms with Gasteiger partial charge in [-0.3, -0.25) is 9.59 Å². The molecule has 1 saturated heterocycles. The Labute approximate surface area is 225 Å². The summed E-state index contributed by atoms with van der Waals surface area (Å²) < 4.78 is 5.96. The van der Waals surface area contributed by atoms with E-state index in [2.05, 4.69) is 16.0 Å². The summed E-state index contributed by atoms with van der Waals surface area (Å²) in [6.07, 6.45) is 3.04. The number of benzene rings is 3. The maximum atomic E-state index is 14.1. The molecule has 3 aromatic carbocycles. The van der Waals surface area contributed by atoms with Crippen LogP contribution in [0.15, 0.2) is 66.9 Å². The summed E-state index contributed by atoms with van der Waals surface area (Å²) >= 11 is 0. The first-order valence-electron chi connectivity index (χ1n) is 13.1. The summed E-state index contributed by atoms with van der Waals surface area (Å²) in [6.45, 7) is 3.94. The SMILES string of the molecule is C[C@@]1(CCOc2cnc3ccccc3n2)CC[C@@](C)(O)[C@H]2C(=O)N(c3ccc(C#N)c4ccccc34)C(=O)[C@H]21. The molecular formula is C31H28N4O4. The zero-order valence-electron chi connectivity index (χ0n) is 21.8. The van der Waals surface area contributed by atoms with Crippen molar-refractivity contribution in [3.05, 3.63) is 72.4 Å². The molecule has 1 aromatic heterocycles. The van der Waals surface area contributed by atoms with Gasteiger partial charge >= 0.3 is 0 Å². The summed E-state index contributed by atoms with van der Waals surface area (Å²) in [5, 5.41) is 22.2. The van der Waals surface area contributed by atoms with E-state index in [4.69, 9.17) is 4.74 Å². The molecule has 2 heterocycles. The molecule has 0 spiro atoms. The number of fused-ring (bicyclic) bond motifs is 3. The number of hydrogen-bond acceptors (Lipinski definition) is 7. The molecule has 1 saturated carbocycles. The molecule has 2 amide bonds. The molecule has 0 bridgehead atoms. The number of anilines is 1. The van der Waals surface area contributed by atoms with Crippen molar-refractivity contribution in [2.45, 2.75) is 38.7 Å². The van der Waals surface area contributed by atoms with Gasteiger partial charge in [-0.1, -0.05) is 43.3 Å². The fourth-order valence-electron chi connectivity index (χ4n) is 6.34. The first-order chi connectivity index (χ1) is 18.7. The van der Waals surface area contributed by atoms with Crippen LogP contribution in [-0.4, -0.2) is 39.1 Å². The predicted octanol–water partition coefficient (Wildman–Crippen LogP) is 4.78. The minimum Gasteiger partial charge on any atom is -0.477 e. The molecule has 8 heteroatoms. The monoisotopic (exact) mass is 520 g/mol. The van der Waals surface area contributed by atoms with Crippen molar-refractivity contribution in [3.63, 3.8) is 0 Å². The molecule has 1 aliphatic heterocycles. The Balaban J connectivity index is 1.31. The highest BCUT2D eigenvalue weighted by Gasteiger charge is 2.64. The number of carbonyl (C=O) groups is 2. The molecule has 0 radical (unpaired) electrons. The third-order valence-electron chi connectivity index (χ3n) is 8.54. The summed E-state index contributed by atoms with van der Waals surface area (Å²) in [5.41, 5.74) is 0.516. The number of para-hydroxylation sites is 2. The minimum absolute atomic E-state index is 0.288. The van der Waals surface area contributed by atoms with Crippen LogP contribution >= 0.6 is 0 Å². The number of hydrogen-bond donors (Lipinski definition) is 1. The van der Waals surface area contributed by atoms with Crippen LogP contribution in [0.4, 0.5) is 5.69 Å². The van der Waals surface area contributed by atoms with E-state index in [1.807, 2.05) is 55.5 Å². The Morgan fingerprint density at radius 2 is 1.67 bits per heavy atom. The van der Waals surface area contributed by atoms with Crippen molar-refractivity contribution in [1.82, 2.24) is 9.97 Å². The summed E-state index contributed by atoms with van der Waals surface area (Å²) in [7, 11) is 0. The van der Waals surface area contributed by atoms with Crippen LogP contribution in [0.2, 0.25) is 0 Å². The van der Waals surface area contributed by atoms with Crippen LogP contribution in [0.25, 0.3) is 21.8 Å². The van der Waals surface area contributed by atoms with E-state index < -0.39 is 28.8 Å². The summed E-state index contributed by atoms with van der Waals surface area (Å²) in [6, 6.07) is 20.3. The van der Waals surface area contributed by atoms with Crippen molar-refractivity contribution >= 4 is 39.3 Å². The van der Waals surface area contributed by atoms with Crippen LogP contribution in [0.1, 0.15) is 38.7 Å². The Hall–Kier alpha value is -4.35. The number of amides is 2. The fourth-order valence-corrected chi connectivity index (χ4v) is 6.34. The molecule has 8 nitrogen and oxygen atoms in total. The van der Waals surface area contributed by atoms with E-state index in [-0.39, 0.29) is 12.5 Å². The average Bonchev–Trinajstić information content (AvgIpc) is 3.22. The van der Waals surface area contributed by atoms with Crippen molar-refractivity contribution in [3.8, 4) is 11.9 Å². The Kier molecular flexibility index (Phi) is 5.85. The topological polar surface area (TPSA) is 116 Å². The minimum atomic E-state index is -1.32. The van der Waals surface area contributed by atoms with Gasteiger partial charge in [0.05, 0.1) is 58.6 Å². The van der Waals surface area contributed by atoms with Gasteiger partial charge in [0, 0.05) is 10.8 Å². The molecule has 2 fully saturated rings.